The van der Waals surface area contributed by atoms with Gasteiger partial charge in [0.1, 0.15) is 17.3 Å². The van der Waals surface area contributed by atoms with Crippen LogP contribution < -0.4 is 0 Å². The summed E-state index contributed by atoms with van der Waals surface area (Å²) in [7, 11) is -13.4. The van der Waals surface area contributed by atoms with Gasteiger partial charge in [0.2, 0.25) is 0 Å². The molecule has 0 spiro atoms. The van der Waals surface area contributed by atoms with Crippen molar-refractivity contribution in [3.8, 4) is 0 Å². The van der Waals surface area contributed by atoms with Crippen molar-refractivity contribution in [2.75, 3.05) is 17.3 Å². The lowest BCUT2D eigenvalue weighted by Crippen LogP contribution is -2.55. The summed E-state index contributed by atoms with van der Waals surface area (Å²) in [6.45, 7) is 5.17. The minimum atomic E-state index is -4.47. The molecule has 37 heavy (non-hydrogen) atoms. The van der Waals surface area contributed by atoms with E-state index in [2.05, 4.69) is 0 Å². The van der Waals surface area contributed by atoms with Gasteiger partial charge >= 0.3 is 0 Å². The molecule has 12 heteroatoms. The van der Waals surface area contributed by atoms with Crippen LogP contribution in [0.15, 0.2) is 87.5 Å². The minimum Gasteiger partial charge on any atom is -0.264 e. The van der Waals surface area contributed by atoms with Crippen molar-refractivity contribution in [3.05, 3.63) is 99.6 Å². The summed E-state index contributed by atoms with van der Waals surface area (Å²) >= 11 is 0. The smallest absolute Gasteiger partial charge is 0.264 e. The zero-order chi connectivity index (χ0) is 27.6. The van der Waals surface area contributed by atoms with Gasteiger partial charge in [-0.15, -0.1) is 0 Å². The van der Waals surface area contributed by atoms with E-state index in [1.54, 1.807) is 20.8 Å². The van der Waals surface area contributed by atoms with Crippen LogP contribution in [-0.2, 0) is 29.5 Å². The Morgan fingerprint density at radius 1 is 0.541 bits per heavy atom. The van der Waals surface area contributed by atoms with Gasteiger partial charge in [-0.05, 0) is 57.2 Å². The van der Waals surface area contributed by atoms with Crippen molar-refractivity contribution < 1.29 is 30.2 Å². The molecule has 0 saturated heterocycles. The predicted octanol–water partition coefficient (Wildman–Crippen LogP) is 3.35. The van der Waals surface area contributed by atoms with Gasteiger partial charge in [0.25, 0.3) is 5.54 Å². The first-order chi connectivity index (χ1) is 17.1. The highest BCUT2D eigenvalue weighted by Crippen LogP contribution is 2.29. The average molecular weight is 566 g/mol. The maximum absolute atomic E-state index is 13.3. The average Bonchev–Trinajstić information content (AvgIpc) is 2.79. The SMILES string of the molecule is Cc1ccc(S(=O)(=O)CC(CS(=O)(=O)c2ccc(C)cc2)(CS(=O)(=O)c2ccc(C)cc2)[N+](=O)[O-])cc1. The molecule has 0 N–H and O–H groups in total. The summed E-state index contributed by atoms with van der Waals surface area (Å²) in [6.07, 6.45) is 0. The molecule has 0 radical (unpaired) electrons. The van der Waals surface area contributed by atoms with Crippen LogP contribution in [0.4, 0.5) is 0 Å². The number of nitrogens with zero attached hydrogens (tertiary/aromatic N) is 1. The summed E-state index contributed by atoms with van der Waals surface area (Å²) in [5.74, 6) is -3.98. The molecular weight excluding hydrogens is 538 g/mol. The number of nitro groups is 1. The van der Waals surface area contributed by atoms with Crippen molar-refractivity contribution in [2.45, 2.75) is 41.0 Å². The van der Waals surface area contributed by atoms with Crippen molar-refractivity contribution in [2.24, 2.45) is 0 Å². The molecule has 3 aromatic rings. The summed E-state index contributed by atoms with van der Waals surface area (Å²) in [4.78, 5) is 10.6. The third-order valence-electron chi connectivity index (χ3n) is 5.90. The molecule has 0 atom stereocenters. The predicted molar refractivity (Wildman–Crippen MR) is 139 cm³/mol. The van der Waals surface area contributed by atoms with Crippen LogP contribution in [0.25, 0.3) is 0 Å². The number of rotatable bonds is 10. The maximum Gasteiger partial charge on any atom is 0.264 e. The molecule has 0 saturated carbocycles. The lowest BCUT2D eigenvalue weighted by atomic mass is 10.1. The second kappa shape index (κ2) is 10.3. The Balaban J connectivity index is 2.17. The van der Waals surface area contributed by atoms with Crippen molar-refractivity contribution in [1.29, 1.82) is 0 Å². The molecule has 198 valence electrons. The van der Waals surface area contributed by atoms with Gasteiger partial charge < -0.3 is 0 Å². The van der Waals surface area contributed by atoms with Crippen LogP contribution in [0.3, 0.4) is 0 Å². The second-order valence-electron chi connectivity index (χ2n) is 9.20. The zero-order valence-electron chi connectivity index (χ0n) is 20.5. The number of aryl methyl sites for hydroxylation is 3. The molecule has 0 aliphatic heterocycles. The normalized spacial score (nSPS) is 12.8. The molecular formula is C25H27NO8S3. The van der Waals surface area contributed by atoms with Crippen LogP contribution in [0.2, 0.25) is 0 Å². The van der Waals surface area contributed by atoms with E-state index in [1.807, 2.05) is 0 Å². The number of sulfone groups is 3. The lowest BCUT2D eigenvalue weighted by molar-refractivity contribution is -0.550. The van der Waals surface area contributed by atoms with E-state index in [9.17, 15) is 35.4 Å². The standard InChI is InChI=1S/C25H27NO8S3/c1-19-4-10-22(11-5-19)35(29,30)16-25(26(27)28,17-36(31,32)23-12-6-20(2)7-13-23)18-37(33,34)24-14-8-21(3)9-15-24/h4-15H,16-18H2,1-3H3. The topological polar surface area (TPSA) is 146 Å². The van der Waals surface area contributed by atoms with Crippen molar-refractivity contribution >= 4 is 29.5 Å². The number of hydrogen-bond acceptors (Lipinski definition) is 8. The summed E-state index contributed by atoms with van der Waals surface area (Å²) in [5, 5.41) is 12.5. The van der Waals surface area contributed by atoms with Gasteiger partial charge in [-0.2, -0.15) is 0 Å². The van der Waals surface area contributed by atoms with Crippen molar-refractivity contribution in [3.63, 3.8) is 0 Å². The van der Waals surface area contributed by atoms with E-state index in [0.29, 0.717) is 0 Å². The Morgan fingerprint density at radius 3 is 0.946 bits per heavy atom. The third-order valence-corrected chi connectivity index (χ3v) is 11.6. The Morgan fingerprint density at radius 2 is 0.757 bits per heavy atom. The summed E-state index contributed by atoms with van der Waals surface area (Å²) in [5.41, 5.74) is -0.674. The molecule has 0 aromatic heterocycles. The molecule has 0 fully saturated rings. The van der Waals surface area contributed by atoms with Crippen LogP contribution in [-0.4, -0.2) is 53.0 Å². The highest BCUT2D eigenvalue weighted by molar-refractivity contribution is 7.93. The molecule has 3 aromatic carbocycles. The molecule has 0 bridgehead atoms. The minimum absolute atomic E-state index is 0.273. The lowest BCUT2D eigenvalue weighted by Gasteiger charge is -2.25. The highest BCUT2D eigenvalue weighted by atomic mass is 32.2. The Labute approximate surface area is 217 Å². The van der Waals surface area contributed by atoms with E-state index in [0.717, 1.165) is 16.7 Å². The van der Waals surface area contributed by atoms with E-state index >= 15 is 0 Å². The quantitative estimate of drug-likeness (QED) is 0.269. The van der Waals surface area contributed by atoms with E-state index in [-0.39, 0.29) is 14.7 Å². The van der Waals surface area contributed by atoms with Gasteiger partial charge in [-0.25, -0.2) is 25.3 Å². The molecule has 0 amide bonds. The zero-order valence-corrected chi connectivity index (χ0v) is 22.9. The number of hydrogen-bond donors (Lipinski definition) is 0. The van der Waals surface area contributed by atoms with Crippen LogP contribution in [0, 0.1) is 30.9 Å². The third kappa shape index (κ3) is 6.62. The Hall–Kier alpha value is -3.09. The second-order valence-corrected chi connectivity index (χ2v) is 15.2. The van der Waals surface area contributed by atoms with Gasteiger partial charge in [0.05, 0.1) is 14.7 Å². The van der Waals surface area contributed by atoms with Crippen LogP contribution in [0.5, 0.6) is 0 Å². The van der Waals surface area contributed by atoms with Gasteiger partial charge in [-0.1, -0.05) is 53.1 Å². The first-order valence-electron chi connectivity index (χ1n) is 11.1. The Bertz CT molecular complexity index is 1420. The van der Waals surface area contributed by atoms with E-state index in [1.165, 1.54) is 72.8 Å². The molecule has 0 aliphatic carbocycles. The fourth-order valence-corrected chi connectivity index (χ4v) is 9.42. The van der Waals surface area contributed by atoms with Gasteiger partial charge in [0, 0.05) is 4.92 Å². The van der Waals surface area contributed by atoms with Crippen LogP contribution in [0.1, 0.15) is 16.7 Å². The first kappa shape index (κ1) is 28.5. The molecule has 3 rings (SSSR count). The summed E-state index contributed by atoms with van der Waals surface area (Å²) < 4.78 is 79.8. The van der Waals surface area contributed by atoms with Gasteiger partial charge in [-0.3, -0.25) is 10.1 Å². The van der Waals surface area contributed by atoms with E-state index in [4.69, 9.17) is 0 Å². The maximum atomic E-state index is 13.3. The Kier molecular flexibility index (Phi) is 7.96. The monoisotopic (exact) mass is 565 g/mol. The molecule has 9 nitrogen and oxygen atoms in total. The molecule has 0 aliphatic rings. The van der Waals surface area contributed by atoms with Gasteiger partial charge in [0.15, 0.2) is 29.5 Å². The van der Waals surface area contributed by atoms with E-state index < -0.39 is 57.2 Å². The largest absolute Gasteiger partial charge is 0.264 e. The molecule has 0 unspecified atom stereocenters. The molecule has 0 heterocycles. The first-order valence-corrected chi connectivity index (χ1v) is 16.0. The highest BCUT2D eigenvalue weighted by Gasteiger charge is 2.54. The number of benzene rings is 3. The van der Waals surface area contributed by atoms with Crippen LogP contribution >= 0.6 is 0 Å². The fourth-order valence-electron chi connectivity index (χ4n) is 3.83. The summed E-state index contributed by atoms with van der Waals surface area (Å²) in [6, 6.07) is 16.4. The van der Waals surface area contributed by atoms with Crippen molar-refractivity contribution in [1.82, 2.24) is 0 Å². The fraction of sp³-hybridized carbons (Fsp3) is 0.280.